The van der Waals surface area contributed by atoms with Crippen LogP contribution in [0.4, 0.5) is 11.4 Å². The monoisotopic (exact) mass is 1030 g/mol. The zero-order valence-corrected chi connectivity index (χ0v) is 45.6. The number of pyridine rings is 3. The third-order valence-corrected chi connectivity index (χ3v) is 14.6. The van der Waals surface area contributed by atoms with E-state index in [0.29, 0.717) is 12.3 Å². The molecule has 1 saturated heterocycles. The summed E-state index contributed by atoms with van der Waals surface area (Å²) in [4.78, 5) is 27.8. The second-order valence-corrected chi connectivity index (χ2v) is 19.8. The van der Waals surface area contributed by atoms with Gasteiger partial charge >= 0.3 is 0 Å². The highest BCUT2D eigenvalue weighted by molar-refractivity contribution is 5.97. The van der Waals surface area contributed by atoms with Crippen LogP contribution >= 0.6 is 0 Å². The summed E-state index contributed by atoms with van der Waals surface area (Å²) in [6.45, 7) is 24.8. The van der Waals surface area contributed by atoms with Crippen molar-refractivity contribution < 1.29 is 0 Å². The summed E-state index contributed by atoms with van der Waals surface area (Å²) >= 11 is 0. The van der Waals surface area contributed by atoms with Crippen molar-refractivity contribution in [2.45, 2.75) is 91.4 Å². The van der Waals surface area contributed by atoms with Gasteiger partial charge in [-0.1, -0.05) is 89.3 Å². The van der Waals surface area contributed by atoms with E-state index < -0.39 is 0 Å². The van der Waals surface area contributed by atoms with Gasteiger partial charge in [-0.05, 0) is 153 Å². The van der Waals surface area contributed by atoms with Gasteiger partial charge in [-0.3, -0.25) is 20.1 Å². The first-order valence-corrected chi connectivity index (χ1v) is 27.2. The number of nitrogens with two attached hydrogens (primary N) is 1. The molecule has 2 fully saturated rings. The quantitative estimate of drug-likeness (QED) is 0.0279. The Balaban J connectivity index is 0.000000200. The minimum absolute atomic E-state index is 0.531. The fourth-order valence-electron chi connectivity index (χ4n) is 10.4. The minimum Gasteiger partial charge on any atom is -0.398 e. The molecular weight excluding hydrogens is 961 g/mol. The normalized spacial score (nSPS) is 14.6. The molecule has 7 N–H and O–H groups in total. The van der Waals surface area contributed by atoms with Crippen molar-refractivity contribution >= 4 is 55.4 Å². The van der Waals surface area contributed by atoms with Crippen LogP contribution in [0.3, 0.4) is 0 Å². The second kappa shape index (κ2) is 26.7. The van der Waals surface area contributed by atoms with E-state index in [1.54, 1.807) is 6.20 Å². The third-order valence-electron chi connectivity index (χ3n) is 14.6. The maximum absolute atomic E-state index is 6.46. The Hall–Kier alpha value is -8.95. The first kappa shape index (κ1) is 55.3. The molecule has 1 saturated carbocycles. The molecule has 8 aromatic rings. The average Bonchev–Trinajstić information content (AvgIpc) is 4.37. The summed E-state index contributed by atoms with van der Waals surface area (Å²) in [5.41, 5.74) is 25.4. The van der Waals surface area contributed by atoms with Gasteiger partial charge in [0, 0.05) is 82.4 Å². The molecule has 6 aromatic heterocycles. The Kier molecular flexibility index (Phi) is 18.9. The van der Waals surface area contributed by atoms with Crippen molar-refractivity contribution in [3.63, 3.8) is 0 Å². The lowest BCUT2D eigenvalue weighted by Crippen LogP contribution is -2.29. The maximum atomic E-state index is 6.46. The maximum Gasteiger partial charge on any atom is 0.159 e. The van der Waals surface area contributed by atoms with Gasteiger partial charge in [0.05, 0.1) is 46.5 Å². The second-order valence-electron chi connectivity index (χ2n) is 19.8. The number of benzene rings is 2. The van der Waals surface area contributed by atoms with Crippen LogP contribution in [-0.2, 0) is 6.42 Å². The van der Waals surface area contributed by atoms with E-state index in [0.717, 1.165) is 149 Å². The van der Waals surface area contributed by atoms with E-state index in [9.17, 15) is 0 Å². The summed E-state index contributed by atoms with van der Waals surface area (Å²) in [6, 6.07) is 20.7. The summed E-state index contributed by atoms with van der Waals surface area (Å²) in [7, 11) is 0. The van der Waals surface area contributed by atoms with Crippen molar-refractivity contribution in [3.8, 4) is 35.6 Å². The molecule has 1 aliphatic heterocycles. The Morgan fingerprint density at radius 2 is 1.46 bits per heavy atom. The Labute approximate surface area is 460 Å². The topological polar surface area (TPSA) is 165 Å². The number of nitrogens with one attached hydrogen (secondary N) is 5. The van der Waals surface area contributed by atoms with Gasteiger partial charge in [0.2, 0.25) is 0 Å². The number of fused-ring (bicyclic) bond motifs is 3. The number of anilines is 2. The van der Waals surface area contributed by atoms with E-state index in [2.05, 4.69) is 164 Å². The molecule has 7 heterocycles. The molecule has 398 valence electrons. The summed E-state index contributed by atoms with van der Waals surface area (Å²) in [5.74, 6) is 1.27. The van der Waals surface area contributed by atoms with Gasteiger partial charge in [-0.15, -0.1) is 12.8 Å². The Bertz CT molecular complexity index is 3540. The number of allylic oxidation sites excluding steroid dienone is 10. The number of imidazole rings is 1. The van der Waals surface area contributed by atoms with Crippen molar-refractivity contribution in [1.82, 2.24) is 50.7 Å². The van der Waals surface area contributed by atoms with Gasteiger partial charge in [0.25, 0.3) is 0 Å². The number of H-pyrrole nitrogens is 3. The molecule has 0 radical (unpaired) electrons. The number of terminal acetylenes is 1. The van der Waals surface area contributed by atoms with E-state index in [-0.39, 0.29) is 0 Å². The highest BCUT2D eigenvalue weighted by Gasteiger charge is 2.21. The average molecular weight is 1040 g/mol. The number of aromatic nitrogens is 8. The van der Waals surface area contributed by atoms with Crippen molar-refractivity contribution in [2.24, 2.45) is 5.92 Å². The largest absolute Gasteiger partial charge is 0.398 e. The van der Waals surface area contributed by atoms with Crippen LogP contribution < -0.4 is 21.3 Å². The summed E-state index contributed by atoms with van der Waals surface area (Å²) in [5, 5.41) is 16.8. The lowest BCUT2D eigenvalue weighted by Gasteiger charge is -2.28. The van der Waals surface area contributed by atoms with Gasteiger partial charge in [0.1, 0.15) is 11.2 Å². The molecule has 0 spiro atoms. The highest BCUT2D eigenvalue weighted by Crippen LogP contribution is 2.34. The predicted octanol–water partition coefficient (Wildman–Crippen LogP) is 15.1. The van der Waals surface area contributed by atoms with Crippen LogP contribution in [0.25, 0.3) is 66.8 Å². The number of nitrogen functional groups attached to an aromatic ring is 1. The van der Waals surface area contributed by atoms with Crippen LogP contribution in [-0.4, -0.2) is 53.2 Å². The molecule has 12 nitrogen and oxygen atoms in total. The zero-order valence-electron chi connectivity index (χ0n) is 45.6. The van der Waals surface area contributed by atoms with Gasteiger partial charge in [-0.25, -0.2) is 4.98 Å². The lowest BCUT2D eigenvalue weighted by atomic mass is 9.87. The first-order chi connectivity index (χ1) is 38.2. The fraction of sp³-hybridized carbons (Fsp3) is 0.258. The van der Waals surface area contributed by atoms with Gasteiger partial charge < -0.3 is 31.2 Å². The van der Waals surface area contributed by atoms with Gasteiger partial charge in [0.15, 0.2) is 5.82 Å². The summed E-state index contributed by atoms with van der Waals surface area (Å²) < 4.78 is 0. The molecule has 2 aromatic carbocycles. The standard InChI is InChI=1S/C34H37N5.C30H35N7.C2H2/c1-4-24(18-28(5-2)38-23(3)25-11-7-6-8-12-25)26-14-15-32(35)27(17-26)19-29-20-30-31(21-36-22-34(30)39-29)33-13-9-10-16-37-33;1-5-11-20(4)32-23(7-3)16-21(6-2)22-12-13-25-24(17-22)28(36-35-25)30-33-26-18-31-19-27(29(26)34-30)37-14-9-8-10-15-37;1-2/h4-5,9-10,13-18,20-22,25,38-39H,2-3,6-8,11-12,19,35H2,1H3;6-7,12-13,16-19,32H,3-5,8-11,14-15H2,1-2H3,(H,33,34)(H,35,36);1-2H/b24-4+,28-18+;21-6+,23-16+;. The smallest absolute Gasteiger partial charge is 0.159 e. The molecule has 2 aliphatic rings. The highest BCUT2D eigenvalue weighted by atomic mass is 15.2. The van der Waals surface area contributed by atoms with E-state index in [1.807, 2.05) is 68.1 Å². The molecule has 12 heteroatoms. The molecule has 0 atom stereocenters. The SMILES string of the molecule is C#C.C=C/C(=C\C(=C/C)c1ccc(N)c(Cc2cc3c(-c4ccccn4)cncc3[nH]2)c1)NC(=C)C1CCCCC1.C=C/C(=C\C(=C/C)c1ccc2[nH]nc(-c3nc4c(N5CCCCC5)cncc4[nH]3)c2c1)NC(=C)CCC. The Morgan fingerprint density at radius 3 is 2.17 bits per heavy atom. The fourth-order valence-corrected chi connectivity index (χ4v) is 10.4. The van der Waals surface area contributed by atoms with Crippen LogP contribution in [0.2, 0.25) is 0 Å². The van der Waals surface area contributed by atoms with Crippen LogP contribution in [0.5, 0.6) is 0 Å². The van der Waals surface area contributed by atoms with Crippen molar-refractivity contribution in [2.75, 3.05) is 23.7 Å². The molecule has 0 amide bonds. The molecule has 0 bridgehead atoms. The van der Waals surface area contributed by atoms with Crippen LogP contribution in [0.15, 0.2) is 177 Å². The van der Waals surface area contributed by atoms with E-state index in [1.165, 1.54) is 51.4 Å². The zero-order chi connectivity index (χ0) is 55.0. The third kappa shape index (κ3) is 13.2. The van der Waals surface area contributed by atoms with Crippen LogP contribution in [0, 0.1) is 18.8 Å². The van der Waals surface area contributed by atoms with Gasteiger partial charge in [-0.2, -0.15) is 5.10 Å². The number of rotatable bonds is 18. The van der Waals surface area contributed by atoms with E-state index in [4.69, 9.17) is 10.7 Å². The first-order valence-electron chi connectivity index (χ1n) is 27.2. The summed E-state index contributed by atoms with van der Waals surface area (Å²) in [6.07, 6.45) is 42.2. The lowest BCUT2D eigenvalue weighted by molar-refractivity contribution is 0.393. The molecule has 10 rings (SSSR count). The molecule has 78 heavy (non-hydrogen) atoms. The predicted molar refractivity (Wildman–Crippen MR) is 328 cm³/mol. The van der Waals surface area contributed by atoms with Crippen LogP contribution in [0.1, 0.15) is 107 Å². The number of piperidine rings is 1. The number of nitrogens with zero attached hydrogens (tertiary/aromatic N) is 6. The van der Waals surface area contributed by atoms with Crippen molar-refractivity contribution in [3.05, 3.63) is 200 Å². The minimum atomic E-state index is 0.531. The molecule has 1 aliphatic carbocycles. The molecular formula is C66H74N12. The number of aromatic amines is 3. The van der Waals surface area contributed by atoms with E-state index >= 15 is 0 Å². The number of hydrogen-bond acceptors (Lipinski definition) is 9. The Morgan fingerprint density at radius 1 is 0.769 bits per heavy atom. The number of hydrogen-bond donors (Lipinski definition) is 6. The van der Waals surface area contributed by atoms with Crippen molar-refractivity contribution in [1.29, 1.82) is 0 Å². The molecule has 0 unspecified atom stereocenters.